The summed E-state index contributed by atoms with van der Waals surface area (Å²) < 4.78 is 0. The van der Waals surface area contributed by atoms with Crippen molar-refractivity contribution in [1.29, 1.82) is 0 Å². The number of halogens is 3. The van der Waals surface area contributed by atoms with Crippen LogP contribution in [0.5, 0.6) is 0 Å². The van der Waals surface area contributed by atoms with Gasteiger partial charge in [-0.15, -0.1) is 23.2 Å². The fourth-order valence-corrected chi connectivity index (χ4v) is 4.11. The summed E-state index contributed by atoms with van der Waals surface area (Å²) in [5.74, 6) is -2.34. The van der Waals surface area contributed by atoms with Gasteiger partial charge in [0.15, 0.2) is 5.78 Å². The second-order valence-electron chi connectivity index (χ2n) is 8.09. The van der Waals surface area contributed by atoms with Crippen molar-refractivity contribution in [3.8, 4) is 0 Å². The Kier molecular flexibility index (Phi) is 7.93. The fourth-order valence-electron chi connectivity index (χ4n) is 3.71. The molecule has 0 unspecified atom stereocenters. The summed E-state index contributed by atoms with van der Waals surface area (Å²) in [6, 6.07) is 20.8. The summed E-state index contributed by atoms with van der Waals surface area (Å²) in [4.78, 5) is 43.5. The van der Waals surface area contributed by atoms with Gasteiger partial charge in [0.05, 0.1) is 17.4 Å². The normalized spacial score (nSPS) is 10.8. The number of nitrogens with zero attached hydrogens (tertiary/aromatic N) is 2. The van der Waals surface area contributed by atoms with Crippen LogP contribution in [0.4, 0.5) is 11.4 Å². The van der Waals surface area contributed by atoms with Crippen LogP contribution in [-0.4, -0.2) is 34.7 Å². The molecule has 0 aliphatic heterocycles. The average Bonchev–Trinajstić information content (AvgIpc) is 2.92. The molecule has 1 aromatic heterocycles. The number of ketones is 2. The summed E-state index contributed by atoms with van der Waals surface area (Å²) in [6.07, 6.45) is 1.55. The summed E-state index contributed by atoms with van der Waals surface area (Å²) in [6.45, 7) is 0. The molecule has 9 heteroatoms. The lowest BCUT2D eigenvalue weighted by Crippen LogP contribution is -2.13. The molecule has 4 rings (SSSR count). The van der Waals surface area contributed by atoms with Crippen LogP contribution in [0.15, 0.2) is 85.1 Å². The SMILES string of the molecule is CN(c1ccc(Cl)cc1)c1ccc(C(=O)c2ccc(C(=O)c3cccc(C(Cl)Cl)c3)c(C(=O)O)c2)nc1. The maximum atomic E-state index is 13.1. The predicted octanol–water partition coefficient (Wildman–Crippen LogP) is 7.14. The molecule has 0 bridgehead atoms. The molecule has 37 heavy (non-hydrogen) atoms. The molecule has 0 saturated heterocycles. The Balaban J connectivity index is 1.60. The predicted molar refractivity (Wildman–Crippen MR) is 145 cm³/mol. The molecular weight excluding hydrogens is 535 g/mol. The summed E-state index contributed by atoms with van der Waals surface area (Å²) in [7, 11) is 1.85. The van der Waals surface area contributed by atoms with Gasteiger partial charge in [-0.3, -0.25) is 14.6 Å². The van der Waals surface area contributed by atoms with E-state index in [4.69, 9.17) is 34.8 Å². The Morgan fingerprint density at radius 2 is 1.49 bits per heavy atom. The van der Waals surface area contributed by atoms with Gasteiger partial charge in [-0.25, -0.2) is 4.79 Å². The van der Waals surface area contributed by atoms with Crippen LogP contribution in [0, 0.1) is 0 Å². The van der Waals surface area contributed by atoms with Crippen molar-refractivity contribution in [2.75, 3.05) is 11.9 Å². The van der Waals surface area contributed by atoms with Crippen LogP contribution in [0.2, 0.25) is 5.02 Å². The average molecular weight is 554 g/mol. The molecule has 3 aromatic carbocycles. The summed E-state index contributed by atoms with van der Waals surface area (Å²) in [5, 5.41) is 10.4. The number of hydrogen-bond acceptors (Lipinski definition) is 5. The van der Waals surface area contributed by atoms with Gasteiger partial charge >= 0.3 is 5.97 Å². The Morgan fingerprint density at radius 3 is 2.11 bits per heavy atom. The van der Waals surface area contributed by atoms with Gasteiger partial charge in [-0.05, 0) is 60.2 Å². The number of carboxylic acid groups (broad SMARTS) is 1. The number of pyridine rings is 1. The van der Waals surface area contributed by atoms with Crippen LogP contribution in [0.25, 0.3) is 0 Å². The van der Waals surface area contributed by atoms with Crippen molar-refractivity contribution in [2.45, 2.75) is 4.84 Å². The van der Waals surface area contributed by atoms with Gasteiger partial charge in [0.2, 0.25) is 5.78 Å². The second-order valence-corrected chi connectivity index (χ2v) is 9.62. The van der Waals surface area contributed by atoms with E-state index in [9.17, 15) is 19.5 Å². The first-order valence-corrected chi connectivity index (χ1v) is 12.2. The van der Waals surface area contributed by atoms with E-state index < -0.39 is 22.4 Å². The van der Waals surface area contributed by atoms with E-state index in [0.29, 0.717) is 10.6 Å². The summed E-state index contributed by atoms with van der Waals surface area (Å²) in [5.41, 5.74) is 2.23. The van der Waals surface area contributed by atoms with E-state index >= 15 is 0 Å². The van der Waals surface area contributed by atoms with E-state index in [1.54, 1.807) is 48.7 Å². The van der Waals surface area contributed by atoms with Crippen LogP contribution in [0.3, 0.4) is 0 Å². The lowest BCUT2D eigenvalue weighted by Gasteiger charge is -2.19. The van der Waals surface area contributed by atoms with Gasteiger partial charge in [-0.2, -0.15) is 0 Å². The maximum absolute atomic E-state index is 13.1. The zero-order valence-corrected chi connectivity index (χ0v) is 21.6. The molecule has 1 N–H and O–H groups in total. The minimum atomic E-state index is -1.34. The first-order valence-electron chi connectivity index (χ1n) is 11.0. The molecule has 0 saturated carbocycles. The smallest absolute Gasteiger partial charge is 0.336 e. The molecule has 0 radical (unpaired) electrons. The van der Waals surface area contributed by atoms with E-state index in [1.807, 2.05) is 24.1 Å². The quantitative estimate of drug-likeness (QED) is 0.184. The van der Waals surface area contributed by atoms with Gasteiger partial charge in [0.25, 0.3) is 0 Å². The molecule has 0 aliphatic rings. The fraction of sp³-hybridized carbons (Fsp3) is 0.0714. The largest absolute Gasteiger partial charge is 0.478 e. The van der Waals surface area contributed by atoms with Crippen molar-refractivity contribution in [1.82, 2.24) is 4.98 Å². The molecule has 0 atom stereocenters. The van der Waals surface area contributed by atoms with E-state index in [-0.39, 0.29) is 27.9 Å². The number of carbonyl (C=O) groups is 3. The number of alkyl halides is 2. The standard InChI is InChI=1S/C28H19Cl3N2O4/c1-33(20-8-6-19(29)7-9-20)21-10-12-24(32-15-21)26(35)17-5-11-22(23(14-17)28(36)37)25(34)16-3-2-4-18(13-16)27(30)31/h2-15,27H,1H3,(H,36,37). The number of hydrogen-bond donors (Lipinski definition) is 1. The van der Waals surface area contributed by atoms with Crippen molar-refractivity contribution < 1.29 is 19.5 Å². The van der Waals surface area contributed by atoms with Gasteiger partial charge < -0.3 is 10.0 Å². The number of anilines is 2. The topological polar surface area (TPSA) is 87.6 Å². The Bertz CT molecular complexity index is 1490. The zero-order chi connectivity index (χ0) is 26.7. The number of aromatic carboxylic acids is 1. The van der Waals surface area contributed by atoms with E-state index in [0.717, 1.165) is 11.4 Å². The molecule has 1 heterocycles. The number of rotatable bonds is 8. The summed E-state index contributed by atoms with van der Waals surface area (Å²) >= 11 is 17.7. The molecule has 186 valence electrons. The third-order valence-electron chi connectivity index (χ3n) is 5.74. The molecule has 0 fully saturated rings. The van der Waals surface area contributed by atoms with Crippen LogP contribution >= 0.6 is 34.8 Å². The van der Waals surface area contributed by atoms with Crippen molar-refractivity contribution in [3.05, 3.63) is 124 Å². The molecule has 0 amide bonds. The van der Waals surface area contributed by atoms with Gasteiger partial charge in [0, 0.05) is 34.4 Å². The van der Waals surface area contributed by atoms with Crippen molar-refractivity contribution in [2.24, 2.45) is 0 Å². The highest BCUT2D eigenvalue weighted by Crippen LogP contribution is 2.27. The van der Waals surface area contributed by atoms with Crippen molar-refractivity contribution >= 4 is 63.7 Å². The lowest BCUT2D eigenvalue weighted by atomic mass is 9.94. The first-order chi connectivity index (χ1) is 17.7. The number of aromatic nitrogens is 1. The lowest BCUT2D eigenvalue weighted by molar-refractivity contribution is 0.0692. The second kappa shape index (κ2) is 11.1. The Labute approximate surface area is 228 Å². The van der Waals surface area contributed by atoms with Crippen LogP contribution in [0.1, 0.15) is 52.7 Å². The van der Waals surface area contributed by atoms with Gasteiger partial charge in [0.1, 0.15) is 10.5 Å². The Hall–Kier alpha value is -3.71. The van der Waals surface area contributed by atoms with E-state index in [1.165, 1.54) is 24.3 Å². The van der Waals surface area contributed by atoms with E-state index in [2.05, 4.69) is 4.98 Å². The number of benzene rings is 3. The first kappa shape index (κ1) is 26.4. The van der Waals surface area contributed by atoms with Crippen LogP contribution in [-0.2, 0) is 0 Å². The molecule has 0 aliphatic carbocycles. The minimum Gasteiger partial charge on any atom is -0.478 e. The highest BCUT2D eigenvalue weighted by molar-refractivity contribution is 6.44. The zero-order valence-electron chi connectivity index (χ0n) is 19.4. The van der Waals surface area contributed by atoms with Crippen molar-refractivity contribution in [3.63, 3.8) is 0 Å². The Morgan fingerprint density at radius 1 is 0.811 bits per heavy atom. The molecule has 6 nitrogen and oxygen atoms in total. The molecule has 0 spiro atoms. The third kappa shape index (κ3) is 5.83. The molecule has 4 aromatic rings. The number of carbonyl (C=O) groups excluding carboxylic acids is 2. The molecular formula is C28H19Cl3N2O4. The number of carboxylic acids is 1. The highest BCUT2D eigenvalue weighted by atomic mass is 35.5. The monoisotopic (exact) mass is 552 g/mol. The van der Waals surface area contributed by atoms with Crippen LogP contribution < -0.4 is 4.90 Å². The third-order valence-corrected chi connectivity index (χ3v) is 6.50. The van der Waals surface area contributed by atoms with Gasteiger partial charge in [-0.1, -0.05) is 35.9 Å². The maximum Gasteiger partial charge on any atom is 0.336 e. The highest BCUT2D eigenvalue weighted by Gasteiger charge is 2.22. The minimum absolute atomic E-state index is 0.0604.